The molecular weight excluding hydrogens is 394 g/mol. The van der Waals surface area contributed by atoms with Gasteiger partial charge in [0.25, 0.3) is 0 Å². The SMILES string of the molecule is COCCNC(=O)CN1c2ccccc2NC2=C(C(=O)CC(C)(C)C2)C1c1ccco1. The fourth-order valence-corrected chi connectivity index (χ4v) is 4.47. The number of nitrogens with one attached hydrogen (secondary N) is 2. The van der Waals surface area contributed by atoms with E-state index in [0.29, 0.717) is 30.9 Å². The summed E-state index contributed by atoms with van der Waals surface area (Å²) in [4.78, 5) is 28.2. The Morgan fingerprint density at radius 2 is 2.06 bits per heavy atom. The lowest BCUT2D eigenvalue weighted by Gasteiger charge is -2.36. The number of carbonyl (C=O) groups excluding carboxylic acids is 2. The van der Waals surface area contributed by atoms with Gasteiger partial charge in [0.05, 0.1) is 30.8 Å². The molecule has 1 aromatic carbocycles. The number of fused-ring (bicyclic) bond motifs is 1. The van der Waals surface area contributed by atoms with Gasteiger partial charge < -0.3 is 24.7 Å². The highest BCUT2D eigenvalue weighted by atomic mass is 16.5. The molecule has 7 nitrogen and oxygen atoms in total. The molecule has 31 heavy (non-hydrogen) atoms. The molecule has 164 valence electrons. The molecule has 0 radical (unpaired) electrons. The first-order valence-electron chi connectivity index (χ1n) is 10.6. The number of Topliss-reactive ketones (excluding diaryl/α,β-unsaturated/α-hetero) is 1. The molecule has 0 spiro atoms. The summed E-state index contributed by atoms with van der Waals surface area (Å²) in [5.41, 5.74) is 3.16. The number of allylic oxidation sites excluding steroid dienone is 1. The van der Waals surface area contributed by atoms with E-state index in [1.54, 1.807) is 13.4 Å². The number of rotatable bonds is 6. The Morgan fingerprint density at radius 3 is 2.81 bits per heavy atom. The third kappa shape index (κ3) is 4.37. The third-order valence-corrected chi connectivity index (χ3v) is 5.76. The second kappa shape index (κ2) is 8.59. The summed E-state index contributed by atoms with van der Waals surface area (Å²) in [7, 11) is 1.60. The number of carbonyl (C=O) groups is 2. The molecule has 1 aliphatic heterocycles. The molecule has 0 fully saturated rings. The van der Waals surface area contributed by atoms with Gasteiger partial charge >= 0.3 is 0 Å². The Bertz CT molecular complexity index is 994. The van der Waals surface area contributed by atoms with Gasteiger partial charge in [0.1, 0.15) is 11.8 Å². The second-order valence-electron chi connectivity index (χ2n) is 8.86. The molecule has 4 rings (SSSR count). The summed E-state index contributed by atoms with van der Waals surface area (Å²) in [6.07, 6.45) is 2.80. The van der Waals surface area contributed by atoms with Crippen LogP contribution in [-0.2, 0) is 14.3 Å². The molecule has 1 aliphatic carbocycles. The van der Waals surface area contributed by atoms with E-state index in [9.17, 15) is 9.59 Å². The highest BCUT2D eigenvalue weighted by molar-refractivity contribution is 6.01. The van der Waals surface area contributed by atoms with E-state index >= 15 is 0 Å². The van der Waals surface area contributed by atoms with Crippen molar-refractivity contribution in [2.75, 3.05) is 37.0 Å². The molecular formula is C24H29N3O4. The fraction of sp³-hybridized carbons (Fsp3) is 0.417. The highest BCUT2D eigenvalue weighted by Crippen LogP contribution is 2.48. The van der Waals surface area contributed by atoms with Gasteiger partial charge in [0.2, 0.25) is 5.91 Å². The standard InChI is InChI=1S/C24H29N3O4/c1-24(2)13-17-22(19(28)14-24)23(20-9-6-11-31-20)27(15-21(29)25-10-12-30-3)18-8-5-4-7-16(18)26-17/h4-9,11,23,26H,10,12-15H2,1-3H3,(H,25,29). The Balaban J connectivity index is 1.82. The van der Waals surface area contributed by atoms with E-state index in [4.69, 9.17) is 9.15 Å². The summed E-state index contributed by atoms with van der Waals surface area (Å²) in [6.45, 7) is 5.16. The van der Waals surface area contributed by atoms with Crippen LogP contribution in [0.25, 0.3) is 0 Å². The minimum atomic E-state index is -0.488. The summed E-state index contributed by atoms with van der Waals surface area (Å²) >= 11 is 0. The van der Waals surface area contributed by atoms with E-state index in [1.165, 1.54) is 0 Å². The zero-order valence-electron chi connectivity index (χ0n) is 18.2. The van der Waals surface area contributed by atoms with Crippen LogP contribution >= 0.6 is 0 Å². The summed E-state index contributed by atoms with van der Waals surface area (Å²) < 4.78 is 10.8. The van der Waals surface area contributed by atoms with Crippen LogP contribution in [0.15, 0.2) is 58.3 Å². The average Bonchev–Trinajstić information content (AvgIpc) is 3.19. The predicted molar refractivity (Wildman–Crippen MR) is 119 cm³/mol. The maximum atomic E-state index is 13.4. The maximum Gasteiger partial charge on any atom is 0.239 e. The van der Waals surface area contributed by atoms with Crippen LogP contribution in [0.3, 0.4) is 0 Å². The summed E-state index contributed by atoms with van der Waals surface area (Å²) in [6, 6.07) is 11.0. The van der Waals surface area contributed by atoms with Gasteiger partial charge in [-0.2, -0.15) is 0 Å². The topological polar surface area (TPSA) is 83.8 Å². The van der Waals surface area contributed by atoms with Gasteiger partial charge in [0.15, 0.2) is 5.78 Å². The number of anilines is 2. The second-order valence-corrected chi connectivity index (χ2v) is 8.86. The molecule has 1 atom stereocenters. The number of hydrogen-bond acceptors (Lipinski definition) is 6. The van der Waals surface area contributed by atoms with Crippen LogP contribution in [0.1, 0.15) is 38.5 Å². The number of hydrogen-bond donors (Lipinski definition) is 2. The van der Waals surface area contributed by atoms with Crippen molar-refractivity contribution >= 4 is 23.1 Å². The molecule has 1 aromatic heterocycles. The van der Waals surface area contributed by atoms with Gasteiger partial charge in [0, 0.05) is 31.3 Å². The number of nitrogens with zero attached hydrogens (tertiary/aromatic N) is 1. The summed E-state index contributed by atoms with van der Waals surface area (Å²) in [5.74, 6) is 0.581. The molecule has 0 saturated carbocycles. The first-order valence-corrected chi connectivity index (χ1v) is 10.6. The molecule has 1 amide bonds. The minimum absolute atomic E-state index is 0.0812. The van der Waals surface area contributed by atoms with Crippen LogP contribution in [0, 0.1) is 5.41 Å². The van der Waals surface area contributed by atoms with Crippen molar-refractivity contribution in [3.05, 3.63) is 59.7 Å². The Labute approximate surface area is 182 Å². The monoisotopic (exact) mass is 423 g/mol. The van der Waals surface area contributed by atoms with Crippen molar-refractivity contribution in [2.24, 2.45) is 5.41 Å². The molecule has 2 aliphatic rings. The molecule has 7 heteroatoms. The molecule has 0 saturated heterocycles. The van der Waals surface area contributed by atoms with E-state index in [0.717, 1.165) is 23.5 Å². The van der Waals surface area contributed by atoms with E-state index < -0.39 is 6.04 Å². The number of ketones is 1. The number of ether oxygens (including phenoxy) is 1. The fourth-order valence-electron chi connectivity index (χ4n) is 4.47. The highest BCUT2D eigenvalue weighted by Gasteiger charge is 2.42. The van der Waals surface area contributed by atoms with E-state index in [-0.39, 0.29) is 23.7 Å². The normalized spacial score (nSPS) is 19.9. The predicted octanol–water partition coefficient (Wildman–Crippen LogP) is 3.66. The van der Waals surface area contributed by atoms with Crippen LogP contribution in [-0.4, -0.2) is 38.5 Å². The lowest BCUT2D eigenvalue weighted by atomic mass is 9.74. The average molecular weight is 424 g/mol. The third-order valence-electron chi connectivity index (χ3n) is 5.76. The first-order chi connectivity index (χ1) is 14.9. The number of furan rings is 1. The van der Waals surface area contributed by atoms with Gasteiger partial charge in [-0.3, -0.25) is 9.59 Å². The number of methoxy groups -OCH3 is 1. The van der Waals surface area contributed by atoms with Gasteiger partial charge in [-0.05, 0) is 36.1 Å². The van der Waals surface area contributed by atoms with Crippen molar-refractivity contribution in [2.45, 2.75) is 32.7 Å². The Morgan fingerprint density at radius 1 is 1.26 bits per heavy atom. The summed E-state index contributed by atoms with van der Waals surface area (Å²) in [5, 5.41) is 6.41. The Kier molecular flexibility index (Phi) is 5.87. The zero-order valence-corrected chi connectivity index (χ0v) is 18.2. The van der Waals surface area contributed by atoms with Gasteiger partial charge in [-0.15, -0.1) is 0 Å². The molecule has 2 heterocycles. The maximum absolute atomic E-state index is 13.4. The van der Waals surface area contributed by atoms with Crippen LogP contribution in [0.2, 0.25) is 0 Å². The molecule has 0 bridgehead atoms. The zero-order chi connectivity index (χ0) is 22.0. The van der Waals surface area contributed by atoms with E-state index in [2.05, 4.69) is 24.5 Å². The molecule has 2 N–H and O–H groups in total. The lowest BCUT2D eigenvalue weighted by molar-refractivity contribution is -0.121. The van der Waals surface area contributed by atoms with E-state index in [1.807, 2.05) is 41.3 Å². The number of para-hydroxylation sites is 2. The van der Waals surface area contributed by atoms with Crippen molar-refractivity contribution < 1.29 is 18.7 Å². The molecule has 1 unspecified atom stereocenters. The first kappa shape index (κ1) is 21.2. The quantitative estimate of drug-likeness (QED) is 0.690. The Hall–Kier alpha value is -3.06. The van der Waals surface area contributed by atoms with Gasteiger partial charge in [-0.1, -0.05) is 26.0 Å². The van der Waals surface area contributed by atoms with Crippen molar-refractivity contribution in [1.82, 2.24) is 5.32 Å². The van der Waals surface area contributed by atoms with Crippen molar-refractivity contribution in [1.29, 1.82) is 0 Å². The number of amides is 1. The smallest absolute Gasteiger partial charge is 0.239 e. The van der Waals surface area contributed by atoms with Crippen molar-refractivity contribution in [3.8, 4) is 0 Å². The van der Waals surface area contributed by atoms with Gasteiger partial charge in [-0.25, -0.2) is 0 Å². The van der Waals surface area contributed by atoms with Crippen molar-refractivity contribution in [3.63, 3.8) is 0 Å². The lowest BCUT2D eigenvalue weighted by Crippen LogP contribution is -2.42. The van der Waals surface area contributed by atoms with Crippen LogP contribution < -0.4 is 15.5 Å². The molecule has 2 aromatic rings. The van der Waals surface area contributed by atoms with Crippen LogP contribution in [0.5, 0.6) is 0 Å². The largest absolute Gasteiger partial charge is 0.467 e. The van der Waals surface area contributed by atoms with Crippen LogP contribution in [0.4, 0.5) is 11.4 Å². The minimum Gasteiger partial charge on any atom is -0.467 e. The number of benzene rings is 1.